The molecule has 0 bridgehead atoms. The number of hydrogen-bond donors (Lipinski definition) is 1. The van der Waals surface area contributed by atoms with Crippen LogP contribution in [-0.4, -0.2) is 43.1 Å². The van der Waals surface area contributed by atoms with Crippen molar-refractivity contribution in [2.24, 2.45) is 11.8 Å². The first kappa shape index (κ1) is 12.5. The number of pyridine rings is 1. The normalized spacial score (nSPS) is 24.4. The minimum absolute atomic E-state index is 0.809. The molecule has 1 aromatic rings. The van der Waals surface area contributed by atoms with E-state index in [4.69, 9.17) is 0 Å². The van der Waals surface area contributed by atoms with Crippen molar-refractivity contribution in [1.82, 2.24) is 15.2 Å². The van der Waals surface area contributed by atoms with Gasteiger partial charge in [0, 0.05) is 31.4 Å². The van der Waals surface area contributed by atoms with Crippen LogP contribution in [0.3, 0.4) is 0 Å². The lowest BCUT2D eigenvalue weighted by atomic mass is 9.98. The van der Waals surface area contributed by atoms with Crippen LogP contribution in [0.4, 0.5) is 0 Å². The van der Waals surface area contributed by atoms with Gasteiger partial charge in [-0.3, -0.25) is 4.98 Å². The quantitative estimate of drug-likeness (QED) is 0.833. The van der Waals surface area contributed by atoms with Gasteiger partial charge in [0.05, 0.1) is 0 Å². The van der Waals surface area contributed by atoms with E-state index in [0.717, 1.165) is 24.8 Å². The van der Waals surface area contributed by atoms with Crippen molar-refractivity contribution in [3.8, 4) is 0 Å². The third kappa shape index (κ3) is 3.79. The van der Waals surface area contributed by atoms with Crippen LogP contribution in [0, 0.1) is 11.8 Å². The number of nitrogens with one attached hydrogen (secondary N) is 1. The number of rotatable bonds is 5. The number of hydrogen-bond acceptors (Lipinski definition) is 3. The topological polar surface area (TPSA) is 28.2 Å². The van der Waals surface area contributed by atoms with Gasteiger partial charge < -0.3 is 10.2 Å². The Balaban J connectivity index is 1.72. The summed E-state index contributed by atoms with van der Waals surface area (Å²) in [4.78, 5) is 6.79. The first-order chi connectivity index (χ1) is 8.25. The second-order valence-electron chi connectivity index (χ2n) is 5.23. The van der Waals surface area contributed by atoms with E-state index in [1.54, 1.807) is 0 Å². The van der Waals surface area contributed by atoms with Crippen molar-refractivity contribution in [1.29, 1.82) is 0 Å². The second-order valence-corrected chi connectivity index (χ2v) is 5.23. The number of likely N-dealkylation sites (N-methyl/N-ethyl adjacent to an activating group) is 1. The van der Waals surface area contributed by atoms with Gasteiger partial charge in [0.1, 0.15) is 0 Å². The molecule has 94 valence electrons. The van der Waals surface area contributed by atoms with Crippen molar-refractivity contribution < 1.29 is 0 Å². The van der Waals surface area contributed by atoms with E-state index >= 15 is 0 Å². The predicted molar refractivity (Wildman–Crippen MR) is 71.0 cm³/mol. The van der Waals surface area contributed by atoms with Crippen LogP contribution in [0.5, 0.6) is 0 Å². The monoisotopic (exact) mass is 233 g/mol. The predicted octanol–water partition coefficient (Wildman–Crippen LogP) is 1.41. The Hall–Kier alpha value is -0.930. The van der Waals surface area contributed by atoms with E-state index in [1.807, 2.05) is 12.3 Å². The summed E-state index contributed by atoms with van der Waals surface area (Å²) in [6, 6.07) is 6.14. The fraction of sp³-hybridized carbons (Fsp3) is 0.643. The minimum Gasteiger partial charge on any atom is -0.316 e. The molecule has 0 spiro atoms. The average molecular weight is 233 g/mol. The van der Waals surface area contributed by atoms with E-state index in [9.17, 15) is 0 Å². The van der Waals surface area contributed by atoms with Gasteiger partial charge in [-0.15, -0.1) is 0 Å². The molecular formula is C14H23N3. The van der Waals surface area contributed by atoms with Gasteiger partial charge in [0.2, 0.25) is 0 Å². The van der Waals surface area contributed by atoms with Gasteiger partial charge in [-0.05, 0) is 44.1 Å². The molecule has 1 aliphatic heterocycles. The van der Waals surface area contributed by atoms with Crippen LogP contribution >= 0.6 is 0 Å². The fourth-order valence-electron chi connectivity index (χ4n) is 2.45. The molecule has 0 aliphatic carbocycles. The van der Waals surface area contributed by atoms with Gasteiger partial charge in [-0.2, -0.15) is 0 Å². The second kappa shape index (κ2) is 6.12. The molecule has 1 N–H and O–H groups in total. The zero-order valence-electron chi connectivity index (χ0n) is 10.9. The molecule has 3 heteroatoms. The lowest BCUT2D eigenvalue weighted by molar-refractivity contribution is 0.261. The third-order valence-corrected chi connectivity index (χ3v) is 3.70. The van der Waals surface area contributed by atoms with Crippen LogP contribution in [-0.2, 0) is 6.42 Å². The Kier molecular flexibility index (Phi) is 4.51. The third-order valence-electron chi connectivity index (χ3n) is 3.70. The van der Waals surface area contributed by atoms with Crippen molar-refractivity contribution in [2.45, 2.75) is 13.3 Å². The van der Waals surface area contributed by atoms with E-state index in [2.05, 4.69) is 41.3 Å². The smallest absolute Gasteiger partial charge is 0.0416 e. The minimum atomic E-state index is 0.809. The average Bonchev–Trinajstić information content (AvgIpc) is 2.74. The lowest BCUT2D eigenvalue weighted by Crippen LogP contribution is -2.30. The van der Waals surface area contributed by atoms with Crippen molar-refractivity contribution >= 4 is 0 Å². The molecule has 1 fully saturated rings. The van der Waals surface area contributed by atoms with Gasteiger partial charge >= 0.3 is 0 Å². The number of nitrogens with zero attached hydrogens (tertiary/aromatic N) is 2. The summed E-state index contributed by atoms with van der Waals surface area (Å²) in [5.41, 5.74) is 1.19. The summed E-state index contributed by atoms with van der Waals surface area (Å²) in [5.74, 6) is 1.62. The summed E-state index contributed by atoms with van der Waals surface area (Å²) < 4.78 is 0. The Morgan fingerprint density at radius 3 is 2.94 bits per heavy atom. The Bertz CT molecular complexity index is 325. The molecule has 0 amide bonds. The highest BCUT2D eigenvalue weighted by molar-refractivity contribution is 5.03. The first-order valence-corrected chi connectivity index (χ1v) is 6.55. The molecule has 1 saturated heterocycles. The van der Waals surface area contributed by atoms with Gasteiger partial charge in [0.15, 0.2) is 0 Å². The van der Waals surface area contributed by atoms with Crippen LogP contribution in [0.2, 0.25) is 0 Å². The Morgan fingerprint density at radius 1 is 1.41 bits per heavy atom. The molecular weight excluding hydrogens is 210 g/mol. The molecule has 1 aliphatic rings. The van der Waals surface area contributed by atoms with Crippen molar-refractivity contribution in [3.63, 3.8) is 0 Å². The largest absolute Gasteiger partial charge is 0.316 e. The van der Waals surface area contributed by atoms with Crippen LogP contribution in [0.15, 0.2) is 24.4 Å². The Labute approximate surface area is 104 Å². The summed E-state index contributed by atoms with van der Waals surface area (Å²) in [7, 11) is 2.22. The maximum Gasteiger partial charge on any atom is 0.0416 e. The zero-order chi connectivity index (χ0) is 12.1. The molecule has 3 nitrogen and oxygen atoms in total. The maximum absolute atomic E-state index is 4.36. The van der Waals surface area contributed by atoms with E-state index in [0.29, 0.717) is 0 Å². The van der Waals surface area contributed by atoms with Gasteiger partial charge in [0.25, 0.3) is 0 Å². The SMILES string of the molecule is CC1CNCC1CN(C)CCc1ccccn1. The molecule has 0 radical (unpaired) electrons. The standard InChI is InChI=1S/C14H23N3/c1-12-9-15-10-13(12)11-17(2)8-6-14-5-3-4-7-16-14/h3-5,7,12-13,15H,6,8-11H2,1-2H3. The molecule has 2 rings (SSSR count). The summed E-state index contributed by atoms with van der Waals surface area (Å²) in [5, 5.41) is 3.46. The van der Waals surface area contributed by atoms with Crippen LogP contribution in [0.25, 0.3) is 0 Å². The Morgan fingerprint density at radius 2 is 2.29 bits per heavy atom. The number of aromatic nitrogens is 1. The summed E-state index contributed by atoms with van der Waals surface area (Å²) >= 11 is 0. The molecule has 2 heterocycles. The zero-order valence-corrected chi connectivity index (χ0v) is 10.9. The highest BCUT2D eigenvalue weighted by atomic mass is 15.1. The van der Waals surface area contributed by atoms with Crippen LogP contribution < -0.4 is 5.32 Å². The molecule has 0 saturated carbocycles. The fourth-order valence-corrected chi connectivity index (χ4v) is 2.45. The molecule has 2 atom stereocenters. The van der Waals surface area contributed by atoms with Crippen molar-refractivity contribution in [3.05, 3.63) is 30.1 Å². The first-order valence-electron chi connectivity index (χ1n) is 6.55. The highest BCUT2D eigenvalue weighted by Crippen LogP contribution is 2.16. The van der Waals surface area contributed by atoms with Gasteiger partial charge in [-0.1, -0.05) is 13.0 Å². The van der Waals surface area contributed by atoms with Crippen molar-refractivity contribution in [2.75, 3.05) is 33.2 Å². The molecule has 1 aromatic heterocycles. The summed E-state index contributed by atoms with van der Waals surface area (Å²) in [6.45, 7) is 6.99. The molecule has 2 unspecified atom stereocenters. The van der Waals surface area contributed by atoms with Gasteiger partial charge in [-0.25, -0.2) is 0 Å². The van der Waals surface area contributed by atoms with E-state index in [-0.39, 0.29) is 0 Å². The van der Waals surface area contributed by atoms with Crippen LogP contribution in [0.1, 0.15) is 12.6 Å². The lowest BCUT2D eigenvalue weighted by Gasteiger charge is -2.22. The molecule has 0 aromatic carbocycles. The highest BCUT2D eigenvalue weighted by Gasteiger charge is 2.23. The molecule has 17 heavy (non-hydrogen) atoms. The maximum atomic E-state index is 4.36. The summed E-state index contributed by atoms with van der Waals surface area (Å²) in [6.07, 6.45) is 2.92. The van der Waals surface area contributed by atoms with E-state index < -0.39 is 0 Å². The van der Waals surface area contributed by atoms with E-state index in [1.165, 1.54) is 25.3 Å².